The molecule has 26 N–H and O–H groups in total. The summed E-state index contributed by atoms with van der Waals surface area (Å²) in [6.45, 7) is 10.6. The Bertz CT molecular complexity index is 3290. The number of phenols is 1. The van der Waals surface area contributed by atoms with E-state index in [4.69, 9.17) is 28.7 Å². The van der Waals surface area contributed by atoms with Crippen molar-refractivity contribution in [1.29, 1.82) is 0 Å². The van der Waals surface area contributed by atoms with Crippen LogP contribution in [-0.4, -0.2) is 237 Å². The van der Waals surface area contributed by atoms with Crippen LogP contribution in [0.25, 0.3) is 0 Å². The molecule has 0 aromatic heterocycles. The van der Waals surface area contributed by atoms with E-state index in [1.807, 2.05) is 0 Å². The quantitative estimate of drug-likeness (QED) is 0.0213. The van der Waals surface area contributed by atoms with Crippen LogP contribution >= 0.6 is 24.0 Å². The maximum atomic E-state index is 14.6. The fraction of sp³-hybridized carbons (Fsp3) is 0.642. The summed E-state index contributed by atoms with van der Waals surface area (Å²) < 4.78 is 0. The molecule has 0 saturated carbocycles. The molecule has 13 atom stereocenters. The molecular weight excluding hydrogens is 1530 g/mol. The smallest absolute Gasteiger partial charge is 0.303 e. The molecule has 1 saturated heterocycles. The number of aromatic hydroxyl groups is 1. The number of primary amides is 4. The first-order valence-electron chi connectivity index (χ1n) is 35.1. The van der Waals surface area contributed by atoms with Gasteiger partial charge in [-0.05, 0) is 113 Å². The molecule has 1 fully saturated rings. The average molecular weight is 1640 g/mol. The number of carbonyl (C=O) groups excluding carboxylic acids is 17. The number of nitrogens with two attached hydrogens (primary N) is 5. The van der Waals surface area contributed by atoms with E-state index in [9.17, 15) is 107 Å². The van der Waals surface area contributed by atoms with E-state index in [1.165, 1.54) is 38.1 Å². The van der Waals surface area contributed by atoms with E-state index < -0.39 is 249 Å². The van der Waals surface area contributed by atoms with Crippen molar-refractivity contribution in [3.05, 3.63) is 29.8 Å². The molecular formula is C67H109IN18O22. The van der Waals surface area contributed by atoms with Crippen LogP contribution in [-0.2, 0) is 92.7 Å². The Labute approximate surface area is 641 Å². The summed E-state index contributed by atoms with van der Waals surface area (Å²) in [6, 6.07) is -13.9. The Hall–Kier alpha value is -9.91. The molecule has 40 nitrogen and oxygen atoms in total. The van der Waals surface area contributed by atoms with Gasteiger partial charge in [0.1, 0.15) is 78.3 Å². The molecule has 0 spiro atoms. The Morgan fingerprint density at radius 2 is 0.917 bits per heavy atom. The maximum Gasteiger partial charge on any atom is 0.303 e. The lowest BCUT2D eigenvalue weighted by Crippen LogP contribution is -2.62. The van der Waals surface area contributed by atoms with Gasteiger partial charge >= 0.3 is 5.97 Å². The number of carbonyl (C=O) groups is 18. The predicted octanol–water partition coefficient (Wildman–Crippen LogP) is -6.98. The molecule has 0 aliphatic carbocycles. The Balaban J connectivity index is 0.0000583. The number of benzene rings is 1. The number of hydrogen-bond acceptors (Lipinski definition) is 22. The van der Waals surface area contributed by atoms with Crippen LogP contribution in [0, 0.1) is 17.8 Å². The molecule has 0 unspecified atom stereocenters. The third-order valence-corrected chi connectivity index (χ3v) is 16.7. The van der Waals surface area contributed by atoms with Crippen molar-refractivity contribution in [2.24, 2.45) is 46.4 Å². The highest BCUT2D eigenvalue weighted by molar-refractivity contribution is 14.0. The van der Waals surface area contributed by atoms with E-state index in [-0.39, 0.29) is 93.2 Å². The first-order chi connectivity index (χ1) is 50.1. The lowest BCUT2D eigenvalue weighted by Gasteiger charge is -2.31. The molecule has 2 rings (SSSR count). The largest absolute Gasteiger partial charge is 0.508 e. The number of likely N-dealkylation sites (tertiary alicyclic amines) is 1. The minimum atomic E-state index is -1.87. The summed E-state index contributed by atoms with van der Waals surface area (Å²) in [4.78, 5) is 240. The van der Waals surface area contributed by atoms with E-state index in [0.29, 0.717) is 18.4 Å². The summed E-state index contributed by atoms with van der Waals surface area (Å²) >= 11 is 0. The van der Waals surface area contributed by atoms with Crippen molar-refractivity contribution in [3.63, 3.8) is 0 Å². The standard InChI is InChI=1S/C67H108N18O22.HI/c1-32(2)26-43(60(100)75-39(12-9-10-24-68)56(96)73-30-52(72)93)79-61(101)44(27-33(3)4)81-66(106)55(35(7)87)84-63(103)45(28-37-14-16-38(89)17-15-37)80-64(104)48-13-11-25-85(48)67(107)47(31-86)82-65(105)54(34(5)6)83-59(99)41(19-22-50(70)91)76-58(98)42(20-23-53(94)95)77-57(97)40(18-21-49(69)90)78-62(102)46(29-51(71)92)74-36(8)88;/h14-17,32-35,39-48,54-55,86-87,89H,9-13,18-31,68H2,1-8H3,(H2,69,90)(H2,70,91)(H2,71,92)(H2,72,93)(H,73,96)(H,74,88)(H,75,100)(H,76,98)(H,77,97)(H,78,102)(H,79,101)(H,80,104)(H,81,106)(H,82,105)(H,83,99)(H,84,103)(H,94,95);1H/t35-,39+,40+,41+,42+,43+,44+,45+,46+,47+,48+,54+,55+;/m1./s1/i;1-4. The zero-order chi connectivity index (χ0) is 81.1. The molecule has 17 amide bonds. The van der Waals surface area contributed by atoms with Gasteiger partial charge in [0.15, 0.2) is 0 Å². The third-order valence-electron chi connectivity index (χ3n) is 16.7. The molecule has 41 heteroatoms. The maximum absolute atomic E-state index is 14.6. The number of nitrogens with zero attached hydrogens (tertiary/aromatic N) is 1. The van der Waals surface area contributed by atoms with Gasteiger partial charge in [-0.3, -0.25) is 86.3 Å². The summed E-state index contributed by atoms with van der Waals surface area (Å²) in [5.41, 5.74) is 27.1. The first kappa shape index (κ1) is 96.1. The molecule has 1 aromatic rings. The first-order valence-corrected chi connectivity index (χ1v) is 35.1. The molecule has 1 heterocycles. The van der Waals surface area contributed by atoms with Gasteiger partial charge in [0.2, 0.25) is 100 Å². The fourth-order valence-corrected chi connectivity index (χ4v) is 11.1. The fourth-order valence-electron chi connectivity index (χ4n) is 11.1. The van der Waals surface area contributed by atoms with Crippen LogP contribution in [0.3, 0.4) is 0 Å². The number of amides is 17. The second-order valence-electron chi connectivity index (χ2n) is 27.3. The van der Waals surface area contributed by atoms with Gasteiger partial charge in [-0.2, -0.15) is 0 Å². The SMILES string of the molecule is CC(=O)N[C@@H](CC(N)=O)C(=O)N[C@@H](CCC(N)=O)C(=O)N[C@@H](CCC(=O)O)C(=O)N[C@@H](CCC(N)=O)C(=O)N[C@H](C(=O)N[C@@H](CO)C(=O)N1CCC[C@H]1C(=O)N[C@@H](Cc1ccc(O)cc1)C(=O)N[C@H](C(=O)N[C@@H](CC(C)C)C(=O)N[C@@H](CC(C)C)C(=O)N[C@@H](CCCCN)C(=O)NCC(N)=O)[C@@H](C)O)C(C)C.[123IH]. The summed E-state index contributed by atoms with van der Waals surface area (Å²) in [5, 5.41) is 70.4. The second kappa shape index (κ2) is 48.4. The normalized spacial score (nSPS) is 15.8. The van der Waals surface area contributed by atoms with Gasteiger partial charge in [0.25, 0.3) is 0 Å². The summed E-state index contributed by atoms with van der Waals surface area (Å²) in [7, 11) is 0. The zero-order valence-electron chi connectivity index (χ0n) is 61.9. The number of aliphatic carboxylic acids is 1. The number of carboxylic acid groups (broad SMARTS) is 1. The minimum Gasteiger partial charge on any atom is -0.508 e. The van der Waals surface area contributed by atoms with Crippen LogP contribution in [0.15, 0.2) is 24.3 Å². The minimum absolute atomic E-state index is 0. The van der Waals surface area contributed by atoms with Crippen molar-refractivity contribution in [3.8, 4) is 5.75 Å². The van der Waals surface area contributed by atoms with Gasteiger partial charge in [0, 0.05) is 39.2 Å². The van der Waals surface area contributed by atoms with Gasteiger partial charge in [-0.1, -0.05) is 53.7 Å². The highest BCUT2D eigenvalue weighted by atomic mass is 123. The monoisotopic (exact) mass is 1640 g/mol. The van der Waals surface area contributed by atoms with E-state index in [0.717, 1.165) is 18.7 Å². The number of carboxylic acids is 1. The van der Waals surface area contributed by atoms with Gasteiger partial charge in [0.05, 0.1) is 25.7 Å². The molecule has 0 radical (unpaired) electrons. The van der Waals surface area contributed by atoms with Crippen molar-refractivity contribution in [2.75, 3.05) is 26.2 Å². The highest BCUT2D eigenvalue weighted by Gasteiger charge is 2.42. The predicted molar refractivity (Wildman–Crippen MR) is 394 cm³/mol. The molecule has 606 valence electrons. The summed E-state index contributed by atoms with van der Waals surface area (Å²) in [5.74, 6) is -20.1. The molecule has 0 bridgehead atoms. The number of rotatable bonds is 49. The van der Waals surface area contributed by atoms with Crippen molar-refractivity contribution in [1.82, 2.24) is 68.7 Å². The zero-order valence-corrected chi connectivity index (χ0v) is 64.2. The number of unbranched alkanes of at least 4 members (excludes halogenated alkanes) is 1. The molecule has 108 heavy (non-hydrogen) atoms. The van der Waals surface area contributed by atoms with Crippen molar-refractivity contribution < 1.29 is 107 Å². The third kappa shape index (κ3) is 35.2. The highest BCUT2D eigenvalue weighted by Crippen LogP contribution is 2.21. The van der Waals surface area contributed by atoms with E-state index in [1.54, 1.807) is 27.7 Å². The van der Waals surface area contributed by atoms with Crippen LogP contribution in [0.2, 0.25) is 0 Å². The topological polar surface area (TPSA) is 666 Å². The molecule has 1 aliphatic heterocycles. The number of aliphatic hydroxyl groups excluding tert-OH is 2. The van der Waals surface area contributed by atoms with Crippen LogP contribution in [0.4, 0.5) is 0 Å². The Morgan fingerprint density at radius 1 is 0.491 bits per heavy atom. The Kier molecular flexibility index (Phi) is 43.1. The number of halogens is 1. The van der Waals surface area contributed by atoms with Gasteiger partial charge < -0.3 is 118 Å². The number of aliphatic hydroxyl groups is 2. The van der Waals surface area contributed by atoms with Gasteiger partial charge in [-0.25, -0.2) is 0 Å². The Morgan fingerprint density at radius 3 is 1.35 bits per heavy atom. The second-order valence-corrected chi connectivity index (χ2v) is 27.3. The van der Waals surface area contributed by atoms with Crippen molar-refractivity contribution in [2.45, 2.75) is 230 Å². The van der Waals surface area contributed by atoms with E-state index >= 15 is 0 Å². The average Bonchev–Trinajstić information content (AvgIpc) is 1.58. The molecule has 1 aromatic carbocycles. The molecule has 1 aliphatic rings. The summed E-state index contributed by atoms with van der Waals surface area (Å²) in [6.07, 6.45) is -5.44. The van der Waals surface area contributed by atoms with Crippen LogP contribution in [0.1, 0.15) is 151 Å². The lowest BCUT2D eigenvalue weighted by molar-refractivity contribution is -0.143. The van der Waals surface area contributed by atoms with Crippen LogP contribution < -0.4 is 92.5 Å². The number of hydrogen-bond donors (Lipinski definition) is 21. The van der Waals surface area contributed by atoms with Crippen LogP contribution in [0.5, 0.6) is 5.75 Å². The van der Waals surface area contributed by atoms with E-state index in [2.05, 4.69) is 63.8 Å². The van der Waals surface area contributed by atoms with Gasteiger partial charge in [-0.15, -0.1) is 24.0 Å². The van der Waals surface area contributed by atoms with Crippen molar-refractivity contribution >= 4 is 130 Å². The number of nitrogens with one attached hydrogen (secondary N) is 12. The number of phenolic OH excluding ortho intramolecular Hbond substituents is 1. The lowest BCUT2D eigenvalue weighted by atomic mass is 9.99.